The molecule has 2 aromatic carbocycles. The predicted molar refractivity (Wildman–Crippen MR) is 131 cm³/mol. The summed E-state index contributed by atoms with van der Waals surface area (Å²) in [4.78, 5) is 19.7. The summed E-state index contributed by atoms with van der Waals surface area (Å²) < 4.78 is 5.59. The monoisotopic (exact) mass is 436 g/mol. The minimum Gasteiger partial charge on any atom is -0.496 e. The Kier molecular flexibility index (Phi) is 6.89. The van der Waals surface area contributed by atoms with Crippen molar-refractivity contribution in [3.8, 4) is 5.75 Å². The van der Waals surface area contributed by atoms with Crippen LogP contribution in [0.25, 0.3) is 0 Å². The Balaban J connectivity index is 1.38. The number of rotatable bonds is 5. The molecule has 0 spiro atoms. The van der Waals surface area contributed by atoms with E-state index in [0.29, 0.717) is 6.04 Å². The van der Waals surface area contributed by atoms with E-state index in [1.165, 1.54) is 29.7 Å². The molecule has 0 bridgehead atoms. The van der Waals surface area contributed by atoms with Gasteiger partial charge in [0.05, 0.1) is 7.11 Å². The van der Waals surface area contributed by atoms with Crippen LogP contribution in [0.3, 0.4) is 0 Å². The molecule has 2 aromatic rings. The summed E-state index contributed by atoms with van der Waals surface area (Å²) in [7, 11) is 3.90. The third-order valence-corrected chi connectivity index (χ3v) is 7.14. The molecule has 0 aromatic heterocycles. The molecule has 1 N–H and O–H groups in total. The minimum atomic E-state index is -0.0280. The van der Waals surface area contributed by atoms with Gasteiger partial charge in [0.15, 0.2) is 0 Å². The van der Waals surface area contributed by atoms with E-state index in [-0.39, 0.29) is 6.03 Å². The number of carbonyl (C=O) groups excluding carboxylic acids is 1. The van der Waals surface area contributed by atoms with E-state index in [4.69, 9.17) is 4.74 Å². The molecular formula is C26H36N4O2. The van der Waals surface area contributed by atoms with Crippen molar-refractivity contribution in [2.75, 3.05) is 57.1 Å². The molecule has 0 radical (unpaired) electrons. The van der Waals surface area contributed by atoms with Gasteiger partial charge in [-0.15, -0.1) is 0 Å². The number of methoxy groups -OCH3 is 1. The molecule has 2 heterocycles. The van der Waals surface area contributed by atoms with Crippen LogP contribution < -0.4 is 15.0 Å². The van der Waals surface area contributed by atoms with E-state index >= 15 is 0 Å². The minimum absolute atomic E-state index is 0.0280. The van der Waals surface area contributed by atoms with Gasteiger partial charge in [0, 0.05) is 43.6 Å². The molecule has 0 unspecified atom stereocenters. The zero-order valence-electron chi connectivity index (χ0n) is 19.9. The molecule has 0 saturated carbocycles. The van der Waals surface area contributed by atoms with Gasteiger partial charge >= 0.3 is 6.03 Å². The van der Waals surface area contributed by atoms with Gasteiger partial charge < -0.3 is 24.8 Å². The maximum atomic E-state index is 13.0. The number of anilines is 2. The summed E-state index contributed by atoms with van der Waals surface area (Å²) in [6.45, 7) is 8.60. The number of hydrogen-bond donors (Lipinski definition) is 1. The van der Waals surface area contributed by atoms with E-state index in [2.05, 4.69) is 60.3 Å². The first-order chi connectivity index (χ1) is 15.5. The zero-order chi connectivity index (χ0) is 22.7. The van der Waals surface area contributed by atoms with Crippen LogP contribution in [0.2, 0.25) is 0 Å². The van der Waals surface area contributed by atoms with Crippen molar-refractivity contribution in [2.45, 2.75) is 39.2 Å². The van der Waals surface area contributed by atoms with Crippen molar-refractivity contribution in [2.24, 2.45) is 0 Å². The number of aryl methyl sites for hydroxylation is 1. The maximum Gasteiger partial charge on any atom is 0.321 e. The highest BCUT2D eigenvalue weighted by molar-refractivity contribution is 5.89. The second-order valence-electron chi connectivity index (χ2n) is 9.13. The summed E-state index contributed by atoms with van der Waals surface area (Å²) in [6.07, 6.45) is 3.40. The van der Waals surface area contributed by atoms with Gasteiger partial charge in [-0.1, -0.05) is 12.1 Å². The van der Waals surface area contributed by atoms with Gasteiger partial charge in [0.1, 0.15) is 5.75 Å². The van der Waals surface area contributed by atoms with Crippen LogP contribution in [0.5, 0.6) is 5.75 Å². The van der Waals surface area contributed by atoms with Crippen LogP contribution in [0.15, 0.2) is 36.4 Å². The Morgan fingerprint density at radius 1 is 1.09 bits per heavy atom. The Morgan fingerprint density at radius 2 is 1.88 bits per heavy atom. The average molecular weight is 437 g/mol. The molecule has 2 amide bonds. The molecule has 6 heteroatoms. The lowest BCUT2D eigenvalue weighted by atomic mass is 10.0. The topological polar surface area (TPSA) is 48.1 Å². The highest BCUT2D eigenvalue weighted by Crippen LogP contribution is 2.28. The number of piperazine rings is 1. The van der Waals surface area contributed by atoms with Crippen LogP contribution >= 0.6 is 0 Å². The summed E-state index contributed by atoms with van der Waals surface area (Å²) in [5.74, 6) is 0.894. The number of nitrogens with one attached hydrogen (secondary N) is 1. The fraction of sp³-hybridized carbons (Fsp3) is 0.500. The van der Waals surface area contributed by atoms with Crippen molar-refractivity contribution < 1.29 is 9.53 Å². The number of carbonyl (C=O) groups is 1. The fourth-order valence-corrected chi connectivity index (χ4v) is 4.94. The molecule has 4 rings (SSSR count). The first-order valence-electron chi connectivity index (χ1n) is 11.7. The van der Waals surface area contributed by atoms with Crippen LogP contribution in [0.1, 0.15) is 29.5 Å². The van der Waals surface area contributed by atoms with E-state index in [1.807, 2.05) is 17.0 Å². The highest BCUT2D eigenvalue weighted by atomic mass is 16.5. The van der Waals surface area contributed by atoms with Gasteiger partial charge in [-0.3, -0.25) is 0 Å². The van der Waals surface area contributed by atoms with Crippen LogP contribution in [0, 0.1) is 13.8 Å². The molecule has 2 aliphatic heterocycles. The Bertz CT molecular complexity index is 953. The lowest BCUT2D eigenvalue weighted by Gasteiger charge is -2.37. The summed E-state index contributed by atoms with van der Waals surface area (Å²) in [5, 5.41) is 3.11. The molecule has 2 saturated heterocycles. The van der Waals surface area contributed by atoms with E-state index in [0.717, 1.165) is 56.1 Å². The highest BCUT2D eigenvalue weighted by Gasteiger charge is 2.24. The van der Waals surface area contributed by atoms with Gasteiger partial charge in [-0.2, -0.15) is 0 Å². The van der Waals surface area contributed by atoms with Crippen LogP contribution in [0.4, 0.5) is 16.2 Å². The molecule has 2 aliphatic rings. The van der Waals surface area contributed by atoms with E-state index in [1.54, 1.807) is 7.11 Å². The Labute approximate surface area is 192 Å². The number of likely N-dealkylation sites (tertiary alicyclic amines) is 1. The number of urea groups is 1. The standard InChI is InChI=1S/C26H36N4O2/c1-19-7-5-9-24(20(19)2)29-13-15-30(16-14-29)26(31)27-22-10-11-25(32-4)21(17-22)18-23-8-6-12-28(23)3/h5,7,9-11,17,23H,6,8,12-16,18H2,1-4H3,(H,27,31)/t23-/m1/s1. The fourth-order valence-electron chi connectivity index (χ4n) is 4.94. The van der Waals surface area contributed by atoms with Crippen LogP contribution in [-0.4, -0.2) is 68.8 Å². The van der Waals surface area contributed by atoms with Gasteiger partial charge in [0.25, 0.3) is 0 Å². The number of benzene rings is 2. The lowest BCUT2D eigenvalue weighted by Crippen LogP contribution is -2.50. The Hall–Kier alpha value is -2.73. The lowest BCUT2D eigenvalue weighted by molar-refractivity contribution is 0.208. The molecule has 0 aliphatic carbocycles. The van der Waals surface area contributed by atoms with Gasteiger partial charge in [-0.25, -0.2) is 4.79 Å². The molecule has 2 fully saturated rings. The molecule has 1 atom stereocenters. The van der Waals surface area contributed by atoms with Crippen molar-refractivity contribution in [3.63, 3.8) is 0 Å². The molecular weight excluding hydrogens is 400 g/mol. The maximum absolute atomic E-state index is 13.0. The SMILES string of the molecule is COc1ccc(NC(=O)N2CCN(c3cccc(C)c3C)CC2)cc1C[C@H]1CCCN1C. The van der Waals surface area contributed by atoms with Crippen molar-refractivity contribution in [1.82, 2.24) is 9.80 Å². The number of hydrogen-bond acceptors (Lipinski definition) is 4. The largest absolute Gasteiger partial charge is 0.496 e. The number of ether oxygens (including phenoxy) is 1. The van der Waals surface area contributed by atoms with E-state index < -0.39 is 0 Å². The van der Waals surface area contributed by atoms with E-state index in [9.17, 15) is 4.79 Å². The quantitative estimate of drug-likeness (QED) is 0.759. The van der Waals surface area contributed by atoms with Crippen LogP contribution in [-0.2, 0) is 6.42 Å². The molecule has 32 heavy (non-hydrogen) atoms. The van der Waals surface area contributed by atoms with Crippen molar-refractivity contribution in [3.05, 3.63) is 53.1 Å². The number of amides is 2. The predicted octanol–water partition coefficient (Wildman–Crippen LogP) is 4.30. The Morgan fingerprint density at radius 3 is 2.56 bits per heavy atom. The summed E-state index contributed by atoms with van der Waals surface area (Å²) in [6, 6.07) is 12.9. The second kappa shape index (κ2) is 9.82. The number of nitrogens with zero attached hydrogens (tertiary/aromatic N) is 3. The van der Waals surface area contributed by atoms with Crippen molar-refractivity contribution >= 4 is 17.4 Å². The zero-order valence-corrected chi connectivity index (χ0v) is 19.9. The molecule has 6 nitrogen and oxygen atoms in total. The summed E-state index contributed by atoms with van der Waals surface area (Å²) in [5.41, 5.74) is 5.90. The summed E-state index contributed by atoms with van der Waals surface area (Å²) >= 11 is 0. The van der Waals surface area contributed by atoms with Crippen molar-refractivity contribution in [1.29, 1.82) is 0 Å². The normalized spacial score (nSPS) is 19.3. The van der Waals surface area contributed by atoms with Gasteiger partial charge in [-0.05, 0) is 87.7 Å². The first-order valence-corrected chi connectivity index (χ1v) is 11.7. The third kappa shape index (κ3) is 4.85. The van der Waals surface area contributed by atoms with Gasteiger partial charge in [0.2, 0.25) is 0 Å². The molecule has 172 valence electrons. The smallest absolute Gasteiger partial charge is 0.321 e. The second-order valence-corrected chi connectivity index (χ2v) is 9.13. The average Bonchev–Trinajstić information content (AvgIpc) is 3.20. The first kappa shape index (κ1) is 22.5. The number of likely N-dealkylation sites (N-methyl/N-ethyl adjacent to an activating group) is 1. The third-order valence-electron chi connectivity index (χ3n) is 7.14.